The zero-order valence-electron chi connectivity index (χ0n) is 31.9. The molecular weight excluding hydrogens is 691 g/mol. The molecule has 11 rings (SSSR count). The normalized spacial score (nSPS) is 12.9. The topological polar surface area (TPSA) is 16.4 Å². The molecule has 0 unspecified atom stereocenters. The number of hydrogen-bond acceptors (Lipinski definition) is 2. The Morgan fingerprint density at radius 1 is 0.386 bits per heavy atom. The zero-order chi connectivity index (χ0) is 38.1. The second-order valence-electron chi connectivity index (χ2n) is 15.7. The van der Waals surface area contributed by atoms with Gasteiger partial charge < -0.3 is 9.32 Å². The van der Waals surface area contributed by atoms with Crippen LogP contribution in [0.3, 0.4) is 0 Å². The summed E-state index contributed by atoms with van der Waals surface area (Å²) in [6.45, 7) is 4.71. The maximum atomic E-state index is 6.51. The summed E-state index contributed by atoms with van der Waals surface area (Å²) in [5.74, 6) is 0. The van der Waals surface area contributed by atoms with Crippen LogP contribution in [0.25, 0.3) is 77.2 Å². The summed E-state index contributed by atoms with van der Waals surface area (Å²) in [4.78, 5) is 2.43. The molecular formula is C55H39NO. The summed E-state index contributed by atoms with van der Waals surface area (Å²) in [7, 11) is 0. The van der Waals surface area contributed by atoms with Crippen LogP contribution in [-0.4, -0.2) is 0 Å². The predicted molar refractivity (Wildman–Crippen MR) is 240 cm³/mol. The summed E-state index contributed by atoms with van der Waals surface area (Å²) in [5, 5.41) is 4.69. The molecule has 1 aromatic heterocycles. The van der Waals surface area contributed by atoms with Gasteiger partial charge in [0.1, 0.15) is 11.2 Å². The monoisotopic (exact) mass is 729 g/mol. The largest absolute Gasteiger partial charge is 0.456 e. The lowest BCUT2D eigenvalue weighted by molar-refractivity contribution is 0.660. The van der Waals surface area contributed by atoms with Crippen molar-refractivity contribution in [3.8, 4) is 44.5 Å². The molecule has 57 heavy (non-hydrogen) atoms. The minimum absolute atomic E-state index is 0.128. The number of fused-ring (bicyclic) bond motifs is 7. The van der Waals surface area contributed by atoms with Crippen LogP contribution >= 0.6 is 0 Å². The molecule has 1 heterocycles. The van der Waals surface area contributed by atoms with E-state index in [0.29, 0.717) is 0 Å². The number of benzene rings is 9. The van der Waals surface area contributed by atoms with Crippen LogP contribution in [0.5, 0.6) is 0 Å². The van der Waals surface area contributed by atoms with Gasteiger partial charge in [-0.15, -0.1) is 0 Å². The van der Waals surface area contributed by atoms with Crippen LogP contribution in [0.4, 0.5) is 17.1 Å². The minimum atomic E-state index is -0.128. The third-order valence-electron chi connectivity index (χ3n) is 12.1. The Hall–Kier alpha value is -7.16. The molecule has 0 N–H and O–H groups in total. The number of rotatable bonds is 6. The van der Waals surface area contributed by atoms with Gasteiger partial charge in [0.2, 0.25) is 0 Å². The van der Waals surface area contributed by atoms with Gasteiger partial charge in [-0.3, -0.25) is 0 Å². The van der Waals surface area contributed by atoms with E-state index in [1.165, 1.54) is 55.3 Å². The summed E-state index contributed by atoms with van der Waals surface area (Å²) in [5.41, 5.74) is 17.4. The van der Waals surface area contributed by atoms with Crippen LogP contribution in [-0.2, 0) is 5.41 Å². The molecule has 9 aromatic carbocycles. The van der Waals surface area contributed by atoms with E-state index in [2.05, 4.69) is 213 Å². The molecule has 0 spiro atoms. The summed E-state index contributed by atoms with van der Waals surface area (Å²) in [6.07, 6.45) is 0. The van der Waals surface area contributed by atoms with E-state index in [1.807, 2.05) is 6.07 Å². The van der Waals surface area contributed by atoms with Crippen molar-refractivity contribution in [1.29, 1.82) is 0 Å². The highest BCUT2D eigenvalue weighted by Crippen LogP contribution is 2.51. The Balaban J connectivity index is 1.15. The molecule has 0 radical (unpaired) electrons. The van der Waals surface area contributed by atoms with Gasteiger partial charge in [0.15, 0.2) is 0 Å². The fourth-order valence-corrected chi connectivity index (χ4v) is 9.33. The van der Waals surface area contributed by atoms with E-state index in [-0.39, 0.29) is 5.41 Å². The molecule has 0 bridgehead atoms. The smallest absolute Gasteiger partial charge is 0.136 e. The maximum Gasteiger partial charge on any atom is 0.136 e. The standard InChI is InChI=1S/C55H39NO/c1-55(2)49-27-10-8-24-45(49)46-30-29-42(35-50(46)55)56(40-21-12-19-38(33-40)36-15-4-3-5-16-36)41-22-13-20-39(34-41)44-31-32-52-54(48-25-9-11-28-51(48)57-52)53(44)47-26-14-18-37-17-6-7-23-43(37)47/h3-35H,1-2H3. The molecule has 0 saturated carbocycles. The van der Waals surface area contributed by atoms with Crippen LogP contribution in [0.15, 0.2) is 205 Å². The first-order chi connectivity index (χ1) is 28.0. The molecule has 2 nitrogen and oxygen atoms in total. The quantitative estimate of drug-likeness (QED) is 0.169. The molecule has 270 valence electrons. The second kappa shape index (κ2) is 13.0. The Morgan fingerprint density at radius 2 is 0.982 bits per heavy atom. The zero-order valence-corrected chi connectivity index (χ0v) is 31.9. The van der Waals surface area contributed by atoms with Crippen molar-refractivity contribution < 1.29 is 4.42 Å². The molecule has 1 aliphatic carbocycles. The Bertz CT molecular complexity index is 3160. The molecule has 0 saturated heterocycles. The van der Waals surface area contributed by atoms with E-state index in [0.717, 1.165) is 50.1 Å². The Kier molecular flexibility index (Phi) is 7.55. The Labute approximate surface area is 332 Å². The first-order valence-corrected chi connectivity index (χ1v) is 19.8. The first-order valence-electron chi connectivity index (χ1n) is 19.8. The molecule has 0 amide bonds. The van der Waals surface area contributed by atoms with Gasteiger partial charge in [-0.1, -0.05) is 166 Å². The molecule has 0 aliphatic heterocycles. The molecule has 10 aromatic rings. The predicted octanol–water partition coefficient (Wildman–Crippen LogP) is 15.5. The van der Waals surface area contributed by atoms with Crippen molar-refractivity contribution >= 4 is 49.8 Å². The van der Waals surface area contributed by atoms with Gasteiger partial charge >= 0.3 is 0 Å². The second-order valence-corrected chi connectivity index (χ2v) is 15.7. The first kappa shape index (κ1) is 33.2. The van der Waals surface area contributed by atoms with E-state index >= 15 is 0 Å². The molecule has 0 fully saturated rings. The lowest BCUT2D eigenvalue weighted by Gasteiger charge is -2.29. The lowest BCUT2D eigenvalue weighted by Crippen LogP contribution is -2.16. The number of para-hydroxylation sites is 1. The van der Waals surface area contributed by atoms with E-state index in [4.69, 9.17) is 4.42 Å². The van der Waals surface area contributed by atoms with E-state index in [1.54, 1.807) is 0 Å². The highest BCUT2D eigenvalue weighted by Gasteiger charge is 2.35. The Morgan fingerprint density at radius 3 is 1.84 bits per heavy atom. The van der Waals surface area contributed by atoms with E-state index in [9.17, 15) is 0 Å². The summed E-state index contributed by atoms with van der Waals surface area (Å²) >= 11 is 0. The van der Waals surface area contributed by atoms with Gasteiger partial charge in [0.25, 0.3) is 0 Å². The van der Waals surface area contributed by atoms with Crippen LogP contribution in [0, 0.1) is 0 Å². The molecule has 2 heteroatoms. The lowest BCUT2D eigenvalue weighted by atomic mass is 9.82. The van der Waals surface area contributed by atoms with Crippen molar-refractivity contribution in [2.75, 3.05) is 4.90 Å². The summed E-state index contributed by atoms with van der Waals surface area (Å²) < 4.78 is 6.51. The van der Waals surface area contributed by atoms with Gasteiger partial charge in [-0.05, 0) is 109 Å². The fourth-order valence-electron chi connectivity index (χ4n) is 9.33. The van der Waals surface area contributed by atoms with Gasteiger partial charge in [-0.2, -0.15) is 0 Å². The van der Waals surface area contributed by atoms with E-state index < -0.39 is 0 Å². The van der Waals surface area contributed by atoms with Gasteiger partial charge in [-0.25, -0.2) is 0 Å². The summed E-state index contributed by atoms with van der Waals surface area (Å²) in [6, 6.07) is 72.7. The van der Waals surface area contributed by atoms with Gasteiger partial charge in [0, 0.05) is 38.8 Å². The van der Waals surface area contributed by atoms with Crippen molar-refractivity contribution in [3.63, 3.8) is 0 Å². The highest BCUT2D eigenvalue weighted by molar-refractivity contribution is 6.18. The van der Waals surface area contributed by atoms with Crippen molar-refractivity contribution in [2.45, 2.75) is 19.3 Å². The molecule has 0 atom stereocenters. The fraction of sp³-hybridized carbons (Fsp3) is 0.0545. The van der Waals surface area contributed by atoms with Crippen LogP contribution < -0.4 is 4.90 Å². The SMILES string of the molecule is CC1(C)c2ccccc2-c2ccc(N(c3cccc(-c4ccccc4)c3)c3cccc(-c4ccc5oc6ccccc6c5c4-c4cccc5ccccc45)c3)cc21. The number of hydrogen-bond donors (Lipinski definition) is 0. The third kappa shape index (κ3) is 5.33. The van der Waals surface area contributed by atoms with Crippen molar-refractivity contribution in [2.24, 2.45) is 0 Å². The number of furan rings is 1. The highest BCUT2D eigenvalue weighted by atomic mass is 16.3. The van der Waals surface area contributed by atoms with Gasteiger partial charge in [0.05, 0.1) is 0 Å². The van der Waals surface area contributed by atoms with Crippen molar-refractivity contribution in [1.82, 2.24) is 0 Å². The average Bonchev–Trinajstić information content (AvgIpc) is 3.75. The van der Waals surface area contributed by atoms with Crippen LogP contribution in [0.1, 0.15) is 25.0 Å². The third-order valence-corrected chi connectivity index (χ3v) is 12.1. The maximum absolute atomic E-state index is 6.51. The van der Waals surface area contributed by atoms with Crippen molar-refractivity contribution in [3.05, 3.63) is 211 Å². The number of anilines is 3. The average molecular weight is 730 g/mol. The number of nitrogens with zero attached hydrogens (tertiary/aromatic N) is 1. The minimum Gasteiger partial charge on any atom is -0.456 e. The molecule has 1 aliphatic rings. The van der Waals surface area contributed by atoms with Crippen LogP contribution in [0.2, 0.25) is 0 Å².